The van der Waals surface area contributed by atoms with E-state index in [4.69, 9.17) is 0 Å². The second-order valence-corrected chi connectivity index (χ2v) is 8.73. The van der Waals surface area contributed by atoms with Crippen LogP contribution < -0.4 is 0 Å². The van der Waals surface area contributed by atoms with E-state index >= 15 is 0 Å². The van der Waals surface area contributed by atoms with Crippen molar-refractivity contribution in [3.8, 4) is 11.3 Å². The minimum atomic E-state index is -3.42. The average molecular weight is 364 g/mol. The number of aryl methyl sites for hydroxylation is 2. The summed E-state index contributed by atoms with van der Waals surface area (Å²) in [5, 5.41) is 7.23. The molecule has 1 N–H and O–H groups in total. The molecule has 3 heterocycles. The van der Waals surface area contributed by atoms with Gasteiger partial charge in [0.15, 0.2) is 0 Å². The lowest BCUT2D eigenvalue weighted by Crippen LogP contribution is -2.45. The fraction of sp³-hybridized carbons (Fsp3) is 0.562. The Balaban J connectivity index is 1.98. The molecule has 0 amide bonds. The number of H-pyrrole nitrogens is 1. The molecule has 0 aromatic carbocycles. The summed E-state index contributed by atoms with van der Waals surface area (Å²) in [5.41, 5.74) is 4.39. The van der Waals surface area contributed by atoms with Crippen molar-refractivity contribution in [2.24, 2.45) is 0 Å². The molecule has 0 unspecified atom stereocenters. The quantitative estimate of drug-likeness (QED) is 0.886. The van der Waals surface area contributed by atoms with Gasteiger partial charge >= 0.3 is 0 Å². The molecule has 1 aliphatic rings. The molecule has 25 heavy (non-hydrogen) atoms. The van der Waals surface area contributed by atoms with Crippen LogP contribution >= 0.6 is 0 Å². The van der Waals surface area contributed by atoms with Crippen LogP contribution in [0.1, 0.15) is 35.8 Å². The van der Waals surface area contributed by atoms with Crippen LogP contribution in [-0.4, -0.2) is 64.4 Å². The molecule has 9 heteroatoms. The van der Waals surface area contributed by atoms with Crippen molar-refractivity contribution in [3.63, 3.8) is 0 Å². The highest BCUT2D eigenvalue weighted by molar-refractivity contribution is 7.86. The molecule has 8 nitrogen and oxygen atoms in total. The number of hydrogen-bond donors (Lipinski definition) is 1. The Labute approximate surface area is 148 Å². The Bertz CT molecular complexity index is 842. The third-order valence-electron chi connectivity index (χ3n) is 4.65. The van der Waals surface area contributed by atoms with Gasteiger partial charge in [0.25, 0.3) is 10.2 Å². The lowest BCUT2D eigenvalue weighted by molar-refractivity contribution is 0.296. The van der Waals surface area contributed by atoms with E-state index in [0.29, 0.717) is 13.1 Å². The molecule has 1 fully saturated rings. The molecule has 2 aromatic heterocycles. The summed E-state index contributed by atoms with van der Waals surface area (Å²) >= 11 is 0. The van der Waals surface area contributed by atoms with E-state index in [0.717, 1.165) is 41.2 Å². The predicted molar refractivity (Wildman–Crippen MR) is 95.2 cm³/mol. The molecule has 0 bridgehead atoms. The summed E-state index contributed by atoms with van der Waals surface area (Å²) in [7, 11) is -0.303. The van der Waals surface area contributed by atoms with E-state index in [2.05, 4.69) is 20.2 Å². The number of aromatic nitrogens is 4. The molecule has 0 saturated carbocycles. The second-order valence-electron chi connectivity index (χ2n) is 6.59. The van der Waals surface area contributed by atoms with Crippen molar-refractivity contribution in [2.75, 3.05) is 27.2 Å². The predicted octanol–water partition coefficient (Wildman–Crippen LogP) is 1.47. The van der Waals surface area contributed by atoms with Crippen molar-refractivity contribution in [2.45, 2.75) is 32.6 Å². The number of hydrogen-bond acceptors (Lipinski definition) is 5. The third-order valence-corrected chi connectivity index (χ3v) is 6.56. The van der Waals surface area contributed by atoms with Gasteiger partial charge in [-0.25, -0.2) is 0 Å². The van der Waals surface area contributed by atoms with Crippen LogP contribution in [0.15, 0.2) is 12.4 Å². The lowest BCUT2D eigenvalue weighted by Gasteiger charge is -2.33. The smallest absolute Gasteiger partial charge is 0.281 e. The Hall–Kier alpha value is -1.84. The van der Waals surface area contributed by atoms with E-state index in [1.54, 1.807) is 26.5 Å². The topological polar surface area (TPSA) is 95.1 Å². The highest BCUT2D eigenvalue weighted by Crippen LogP contribution is 2.34. The van der Waals surface area contributed by atoms with Crippen molar-refractivity contribution < 1.29 is 8.42 Å². The molecule has 0 spiro atoms. The first kappa shape index (κ1) is 18.0. The van der Waals surface area contributed by atoms with Crippen LogP contribution in [0, 0.1) is 13.8 Å². The summed E-state index contributed by atoms with van der Waals surface area (Å²) in [6.45, 7) is 4.84. The SMILES string of the molecule is Cc1n[nH]c(C)c1-c1nccnc1[C@H]1CCCN(S(=O)(=O)N(C)C)C1. The Morgan fingerprint density at radius 1 is 1.24 bits per heavy atom. The van der Waals surface area contributed by atoms with E-state index in [-0.39, 0.29) is 5.92 Å². The Morgan fingerprint density at radius 2 is 1.96 bits per heavy atom. The van der Waals surface area contributed by atoms with E-state index < -0.39 is 10.2 Å². The van der Waals surface area contributed by atoms with Crippen molar-refractivity contribution in [3.05, 3.63) is 29.5 Å². The second kappa shape index (κ2) is 6.81. The van der Waals surface area contributed by atoms with Gasteiger partial charge in [0.2, 0.25) is 0 Å². The zero-order valence-corrected chi connectivity index (χ0v) is 15.8. The maximum atomic E-state index is 12.5. The van der Waals surface area contributed by atoms with E-state index in [9.17, 15) is 8.42 Å². The monoisotopic (exact) mass is 364 g/mol. The van der Waals surface area contributed by atoms with Gasteiger partial charge in [0.05, 0.1) is 17.1 Å². The summed E-state index contributed by atoms with van der Waals surface area (Å²) in [5.74, 6) is 0.0147. The van der Waals surface area contributed by atoms with Crippen LogP contribution in [-0.2, 0) is 10.2 Å². The fourth-order valence-corrected chi connectivity index (χ4v) is 4.54. The number of piperidine rings is 1. The third kappa shape index (κ3) is 3.31. The largest absolute Gasteiger partial charge is 0.282 e. The lowest BCUT2D eigenvalue weighted by atomic mass is 9.92. The minimum Gasteiger partial charge on any atom is -0.282 e. The highest BCUT2D eigenvalue weighted by atomic mass is 32.2. The van der Waals surface area contributed by atoms with Crippen LogP contribution in [0.5, 0.6) is 0 Å². The Morgan fingerprint density at radius 3 is 2.60 bits per heavy atom. The van der Waals surface area contributed by atoms with E-state index in [1.807, 2.05) is 13.8 Å². The summed E-state index contributed by atoms with van der Waals surface area (Å²) < 4.78 is 27.8. The van der Waals surface area contributed by atoms with Crippen LogP contribution in [0.25, 0.3) is 11.3 Å². The van der Waals surface area contributed by atoms with Gasteiger partial charge in [-0.15, -0.1) is 0 Å². The maximum absolute atomic E-state index is 12.5. The number of rotatable bonds is 4. The first-order valence-corrected chi connectivity index (χ1v) is 9.72. The molecule has 1 atom stereocenters. The van der Waals surface area contributed by atoms with E-state index in [1.165, 1.54) is 8.61 Å². The Kier molecular flexibility index (Phi) is 4.90. The first-order valence-electron chi connectivity index (χ1n) is 8.32. The molecule has 2 aromatic rings. The highest BCUT2D eigenvalue weighted by Gasteiger charge is 2.33. The average Bonchev–Trinajstić information content (AvgIpc) is 2.93. The number of aromatic amines is 1. The zero-order valence-electron chi connectivity index (χ0n) is 15.0. The number of nitrogens with one attached hydrogen (secondary N) is 1. The normalized spacial score (nSPS) is 19.5. The minimum absolute atomic E-state index is 0.0147. The summed E-state index contributed by atoms with van der Waals surface area (Å²) in [4.78, 5) is 9.10. The molecule has 136 valence electrons. The first-order chi connectivity index (χ1) is 11.8. The molecule has 0 aliphatic carbocycles. The molecule has 3 rings (SSSR count). The molecule has 1 aliphatic heterocycles. The molecule has 1 saturated heterocycles. The fourth-order valence-electron chi connectivity index (χ4n) is 3.35. The maximum Gasteiger partial charge on any atom is 0.281 e. The van der Waals surface area contributed by atoms with Gasteiger partial charge in [-0.2, -0.15) is 22.1 Å². The van der Waals surface area contributed by atoms with Gasteiger partial charge < -0.3 is 0 Å². The summed E-state index contributed by atoms with van der Waals surface area (Å²) in [6.07, 6.45) is 5.03. The van der Waals surface area contributed by atoms with Crippen LogP contribution in [0.3, 0.4) is 0 Å². The standard InChI is InChI=1S/C16H24N6O2S/c1-11-14(12(2)20-19-11)16-15(17-7-8-18-16)13-6-5-9-22(10-13)25(23,24)21(3)4/h7-8,13H,5-6,9-10H2,1-4H3,(H,19,20)/t13-/m0/s1. The van der Waals surface area contributed by atoms with Gasteiger partial charge in [0, 0.05) is 56.8 Å². The molecular weight excluding hydrogens is 340 g/mol. The zero-order chi connectivity index (χ0) is 18.2. The number of nitrogens with zero attached hydrogens (tertiary/aromatic N) is 5. The van der Waals surface area contributed by atoms with Gasteiger partial charge in [-0.05, 0) is 26.7 Å². The van der Waals surface area contributed by atoms with Crippen molar-refractivity contribution in [1.29, 1.82) is 0 Å². The van der Waals surface area contributed by atoms with Gasteiger partial charge in [-0.1, -0.05) is 0 Å². The van der Waals surface area contributed by atoms with Crippen molar-refractivity contribution in [1.82, 2.24) is 28.8 Å². The molecular formula is C16H24N6O2S. The van der Waals surface area contributed by atoms with Gasteiger partial charge in [0.1, 0.15) is 0 Å². The van der Waals surface area contributed by atoms with Gasteiger partial charge in [-0.3, -0.25) is 15.1 Å². The molecule has 0 radical (unpaired) electrons. The van der Waals surface area contributed by atoms with Crippen molar-refractivity contribution >= 4 is 10.2 Å². The van der Waals surface area contributed by atoms with Crippen LogP contribution in [0.4, 0.5) is 0 Å². The summed E-state index contributed by atoms with van der Waals surface area (Å²) in [6, 6.07) is 0. The van der Waals surface area contributed by atoms with Crippen LogP contribution in [0.2, 0.25) is 0 Å².